The van der Waals surface area contributed by atoms with Crippen LogP contribution >= 0.6 is 0 Å². The number of carbonyl (C=O) groups excluding carboxylic acids is 1. The minimum Gasteiger partial charge on any atom is -0.463 e. The highest BCUT2D eigenvalue weighted by Gasteiger charge is 2.46. The van der Waals surface area contributed by atoms with Gasteiger partial charge in [-0.15, -0.1) is 0 Å². The van der Waals surface area contributed by atoms with Crippen LogP contribution in [0.2, 0.25) is 0 Å². The highest BCUT2D eigenvalue weighted by atomic mass is 16.6. The van der Waals surface area contributed by atoms with E-state index in [1.54, 1.807) is 4.90 Å². The minimum absolute atomic E-state index is 0.143. The molecule has 1 aromatic heterocycles. The van der Waals surface area contributed by atoms with Crippen molar-refractivity contribution in [1.82, 2.24) is 24.7 Å². The van der Waals surface area contributed by atoms with Crippen LogP contribution < -0.4 is 14.5 Å². The molecule has 11 heteroatoms. The smallest absolute Gasteiger partial charge is 0.410 e. The molecule has 11 nitrogen and oxygen atoms in total. The average Bonchev–Trinajstić information content (AvgIpc) is 3.70. The van der Waals surface area contributed by atoms with Gasteiger partial charge in [-0.2, -0.15) is 15.2 Å². The number of carbonyl (C=O) groups is 1. The second-order valence-electron chi connectivity index (χ2n) is 16.4. The van der Waals surface area contributed by atoms with Gasteiger partial charge in [0.25, 0.3) is 0 Å². The highest BCUT2D eigenvalue weighted by Crippen LogP contribution is 2.47. The first-order valence-corrected chi connectivity index (χ1v) is 18.7. The number of piperazine rings is 1. The third kappa shape index (κ3) is 7.73. The molecular formula is C40H54N8O3. The molecule has 51 heavy (non-hydrogen) atoms. The Balaban J connectivity index is 1.16. The van der Waals surface area contributed by atoms with Gasteiger partial charge in [0.1, 0.15) is 11.4 Å². The van der Waals surface area contributed by atoms with Gasteiger partial charge >= 0.3 is 12.1 Å². The van der Waals surface area contributed by atoms with Gasteiger partial charge in [0.2, 0.25) is 0 Å². The Morgan fingerprint density at radius 3 is 2.53 bits per heavy atom. The zero-order valence-electron chi connectivity index (χ0n) is 31.3. The second-order valence-corrected chi connectivity index (χ2v) is 16.4. The fourth-order valence-electron chi connectivity index (χ4n) is 8.17. The van der Waals surface area contributed by atoms with E-state index in [0.717, 1.165) is 62.5 Å². The van der Waals surface area contributed by atoms with Crippen LogP contribution in [0.25, 0.3) is 10.8 Å². The lowest BCUT2D eigenvalue weighted by Gasteiger charge is -2.42. The molecule has 2 saturated heterocycles. The summed E-state index contributed by atoms with van der Waals surface area (Å²) < 4.78 is 12.3. The van der Waals surface area contributed by atoms with E-state index >= 15 is 0 Å². The van der Waals surface area contributed by atoms with Gasteiger partial charge in [-0.05, 0) is 91.0 Å². The molecule has 1 amide bonds. The van der Waals surface area contributed by atoms with Gasteiger partial charge in [0.05, 0.1) is 37.4 Å². The molecule has 3 fully saturated rings. The van der Waals surface area contributed by atoms with Gasteiger partial charge in [0, 0.05) is 67.4 Å². The number of rotatable bonds is 9. The molecule has 2 atom stereocenters. The molecular weight excluding hydrogens is 640 g/mol. The molecule has 4 aliphatic rings. The lowest BCUT2D eigenvalue weighted by atomic mass is 9.99. The lowest BCUT2D eigenvalue weighted by Crippen LogP contribution is -2.56. The number of fused-ring (bicyclic) bond motifs is 2. The van der Waals surface area contributed by atoms with Crippen molar-refractivity contribution >= 4 is 28.4 Å². The number of hydrogen-bond acceptors (Lipinski definition) is 10. The van der Waals surface area contributed by atoms with Crippen molar-refractivity contribution in [3.05, 3.63) is 53.2 Å². The van der Waals surface area contributed by atoms with Crippen molar-refractivity contribution in [2.75, 3.05) is 76.3 Å². The summed E-state index contributed by atoms with van der Waals surface area (Å²) in [5.41, 5.74) is 4.13. The lowest BCUT2D eigenvalue weighted by molar-refractivity contribution is 0.0144. The van der Waals surface area contributed by atoms with Crippen molar-refractivity contribution in [3.8, 4) is 12.1 Å². The quantitative estimate of drug-likeness (QED) is 0.280. The zero-order valence-corrected chi connectivity index (χ0v) is 31.3. The summed E-state index contributed by atoms with van der Waals surface area (Å²) in [4.78, 5) is 34.8. The molecule has 3 aliphatic heterocycles. The van der Waals surface area contributed by atoms with Crippen molar-refractivity contribution in [3.63, 3.8) is 0 Å². The first-order chi connectivity index (χ1) is 24.4. The maximum Gasteiger partial charge on any atom is 0.410 e. The van der Waals surface area contributed by atoms with Crippen molar-refractivity contribution in [1.29, 1.82) is 5.26 Å². The van der Waals surface area contributed by atoms with Crippen LogP contribution in [0, 0.1) is 23.7 Å². The van der Waals surface area contributed by atoms with Crippen LogP contribution in [0.15, 0.2) is 36.4 Å². The first-order valence-electron chi connectivity index (χ1n) is 18.7. The van der Waals surface area contributed by atoms with Crippen LogP contribution in [0.3, 0.4) is 0 Å². The molecule has 0 spiro atoms. The Hall–Kier alpha value is -4.14. The summed E-state index contributed by atoms with van der Waals surface area (Å²) in [6.07, 6.45) is 4.15. The van der Waals surface area contributed by atoms with Crippen molar-refractivity contribution in [2.45, 2.75) is 84.0 Å². The highest BCUT2D eigenvalue weighted by molar-refractivity contribution is 5.97. The first kappa shape index (κ1) is 35.3. The molecule has 4 heterocycles. The van der Waals surface area contributed by atoms with Crippen LogP contribution in [-0.4, -0.2) is 115 Å². The summed E-state index contributed by atoms with van der Waals surface area (Å²) >= 11 is 0. The van der Waals surface area contributed by atoms with Crippen LogP contribution in [0.1, 0.15) is 63.3 Å². The predicted octanol–water partition coefficient (Wildman–Crippen LogP) is 5.64. The molecule has 7 rings (SSSR count). The number of ether oxygens (including phenoxy) is 2. The molecule has 1 saturated carbocycles. The number of likely N-dealkylation sites (N-methyl/N-ethyl adjacent to an activating group) is 1. The van der Waals surface area contributed by atoms with Crippen molar-refractivity contribution < 1.29 is 14.3 Å². The number of nitriles is 1. The van der Waals surface area contributed by atoms with E-state index in [2.05, 4.69) is 83.1 Å². The molecule has 0 bridgehead atoms. The molecule has 0 radical (unpaired) electrons. The Morgan fingerprint density at radius 2 is 1.82 bits per heavy atom. The van der Waals surface area contributed by atoms with Gasteiger partial charge in [-0.1, -0.05) is 30.3 Å². The SMILES string of the molecule is Cc1cccc2cccc(N3CCc4c(nc(OCC5(CN6CCC(N(C)C)C6)CC5)nc4N4CCN(C(=O)OC(C)(C)C)C(CC#N)C4)C3)c12. The van der Waals surface area contributed by atoms with E-state index in [1.165, 1.54) is 28.4 Å². The van der Waals surface area contributed by atoms with Gasteiger partial charge in [0.15, 0.2) is 0 Å². The molecule has 1 aliphatic carbocycles. The topological polar surface area (TPSA) is 101 Å². The number of nitrogens with zero attached hydrogens (tertiary/aromatic N) is 8. The summed E-state index contributed by atoms with van der Waals surface area (Å²) in [6, 6.07) is 16.1. The molecule has 3 aromatic rings. The fourth-order valence-corrected chi connectivity index (χ4v) is 8.17. The summed E-state index contributed by atoms with van der Waals surface area (Å²) in [7, 11) is 4.36. The number of aromatic nitrogens is 2. The molecule has 0 N–H and O–H groups in total. The maximum absolute atomic E-state index is 13.2. The van der Waals surface area contributed by atoms with E-state index < -0.39 is 5.60 Å². The monoisotopic (exact) mass is 694 g/mol. The van der Waals surface area contributed by atoms with E-state index in [4.69, 9.17) is 19.4 Å². The number of likely N-dealkylation sites (tertiary alicyclic amines) is 1. The number of amides is 1. The predicted molar refractivity (Wildman–Crippen MR) is 200 cm³/mol. The van der Waals surface area contributed by atoms with Crippen molar-refractivity contribution in [2.24, 2.45) is 5.41 Å². The summed E-state index contributed by atoms with van der Waals surface area (Å²) in [6.45, 7) is 14.7. The normalized spacial score (nSPS) is 21.9. The Morgan fingerprint density at radius 1 is 1.04 bits per heavy atom. The standard InChI is InChI=1S/C40H54N8O3/c1-28-9-7-10-29-11-8-12-34(35(28)29)46-20-15-32-33(25-46)42-37(50-27-40(16-17-40)26-45-19-14-30(23-45)44(5)6)43-36(32)47-21-22-48(31(24-47)13-18-41)38(49)51-39(2,3)4/h7-12,30-31H,13-17,19-27H2,1-6H3. The number of anilines is 2. The van der Waals surface area contributed by atoms with Gasteiger partial charge in [-0.3, -0.25) is 0 Å². The number of aryl methyl sites for hydroxylation is 1. The average molecular weight is 695 g/mol. The third-order valence-electron chi connectivity index (χ3n) is 11.2. The van der Waals surface area contributed by atoms with Gasteiger partial charge < -0.3 is 34.0 Å². The van der Waals surface area contributed by atoms with Crippen LogP contribution in [0.5, 0.6) is 6.01 Å². The fraction of sp³-hybridized carbons (Fsp3) is 0.600. The second kappa shape index (κ2) is 14.1. The van der Waals surface area contributed by atoms with Gasteiger partial charge in [-0.25, -0.2) is 4.79 Å². The largest absolute Gasteiger partial charge is 0.463 e. The van der Waals surface area contributed by atoms with E-state index in [-0.39, 0.29) is 24.0 Å². The molecule has 2 unspecified atom stereocenters. The van der Waals surface area contributed by atoms with E-state index in [0.29, 0.717) is 44.8 Å². The Labute approximate surface area is 303 Å². The number of hydrogen-bond donors (Lipinski definition) is 0. The van der Waals surface area contributed by atoms with E-state index in [9.17, 15) is 10.1 Å². The zero-order chi connectivity index (χ0) is 35.9. The number of benzene rings is 2. The maximum atomic E-state index is 13.2. The Kier molecular flexibility index (Phi) is 9.76. The molecule has 2 aromatic carbocycles. The summed E-state index contributed by atoms with van der Waals surface area (Å²) in [5, 5.41) is 12.3. The minimum atomic E-state index is -0.611. The van der Waals surface area contributed by atoms with Crippen LogP contribution in [-0.2, 0) is 17.7 Å². The van der Waals surface area contributed by atoms with E-state index in [1.807, 2.05) is 20.8 Å². The van der Waals surface area contributed by atoms with Crippen LogP contribution in [0.4, 0.5) is 16.3 Å². The third-order valence-corrected chi connectivity index (χ3v) is 11.2. The Bertz CT molecular complexity index is 1790. The summed E-state index contributed by atoms with van der Waals surface area (Å²) in [5.74, 6) is 0.869. The molecule has 272 valence electrons.